The standard InChI is InChI=1S/C23H17Cl3N2O/c24-19-7-1-16(2-8-19)22(28-14-13-27-15-28)23(29,17-3-9-20(25)10-4-17)18-5-11-21(26)12-6-18/h1-15,22,29H/t22-/m1/s1. The second-order valence-electron chi connectivity index (χ2n) is 6.74. The highest BCUT2D eigenvalue weighted by Gasteiger charge is 2.42. The average Bonchev–Trinajstić information content (AvgIpc) is 3.24. The molecule has 29 heavy (non-hydrogen) atoms. The Morgan fingerprint density at radius 1 is 0.724 bits per heavy atom. The molecule has 1 atom stereocenters. The molecule has 0 radical (unpaired) electrons. The third-order valence-electron chi connectivity index (χ3n) is 4.97. The van der Waals surface area contributed by atoms with E-state index < -0.39 is 11.6 Å². The lowest BCUT2D eigenvalue weighted by Gasteiger charge is -2.38. The first-order valence-corrected chi connectivity index (χ1v) is 10.1. The van der Waals surface area contributed by atoms with E-state index in [1.54, 1.807) is 36.8 Å². The summed E-state index contributed by atoms with van der Waals surface area (Å²) in [6, 6.07) is 21.3. The minimum absolute atomic E-state index is 0.510. The molecule has 3 aromatic carbocycles. The Bertz CT molecular complexity index is 1030. The highest BCUT2D eigenvalue weighted by atomic mass is 35.5. The number of hydrogen-bond acceptors (Lipinski definition) is 2. The molecule has 0 saturated carbocycles. The summed E-state index contributed by atoms with van der Waals surface area (Å²) >= 11 is 18.3. The zero-order chi connectivity index (χ0) is 20.4. The Hall–Kier alpha value is -2.30. The molecule has 0 bridgehead atoms. The number of rotatable bonds is 5. The van der Waals surface area contributed by atoms with E-state index in [4.69, 9.17) is 34.8 Å². The molecular formula is C23H17Cl3N2O. The van der Waals surface area contributed by atoms with Crippen LogP contribution >= 0.6 is 34.8 Å². The van der Waals surface area contributed by atoms with Gasteiger partial charge in [-0.15, -0.1) is 0 Å². The van der Waals surface area contributed by atoms with Gasteiger partial charge in [-0.05, 0) is 53.1 Å². The maximum absolute atomic E-state index is 12.3. The molecule has 1 aromatic heterocycles. The van der Waals surface area contributed by atoms with Crippen molar-refractivity contribution < 1.29 is 5.11 Å². The molecule has 0 aliphatic rings. The molecule has 0 fully saturated rings. The molecule has 0 amide bonds. The molecule has 0 spiro atoms. The quantitative estimate of drug-likeness (QED) is 0.389. The van der Waals surface area contributed by atoms with Gasteiger partial charge in [0, 0.05) is 27.5 Å². The summed E-state index contributed by atoms with van der Waals surface area (Å²) in [5.74, 6) is 0. The van der Waals surface area contributed by atoms with Crippen LogP contribution in [0.5, 0.6) is 0 Å². The first kappa shape index (κ1) is 20.0. The van der Waals surface area contributed by atoms with E-state index in [1.165, 1.54) is 0 Å². The van der Waals surface area contributed by atoms with E-state index >= 15 is 0 Å². The largest absolute Gasteiger partial charge is 0.378 e. The molecule has 0 saturated heterocycles. The van der Waals surface area contributed by atoms with Crippen LogP contribution in [0.2, 0.25) is 15.1 Å². The van der Waals surface area contributed by atoms with Crippen LogP contribution in [0.1, 0.15) is 22.7 Å². The molecular weight excluding hydrogens is 427 g/mol. The van der Waals surface area contributed by atoms with Gasteiger partial charge in [-0.25, -0.2) is 4.98 Å². The van der Waals surface area contributed by atoms with Gasteiger partial charge < -0.3 is 9.67 Å². The fraction of sp³-hybridized carbons (Fsp3) is 0.0870. The zero-order valence-electron chi connectivity index (χ0n) is 15.2. The number of aliphatic hydroxyl groups is 1. The van der Waals surface area contributed by atoms with Crippen molar-refractivity contribution in [2.75, 3.05) is 0 Å². The van der Waals surface area contributed by atoms with Gasteiger partial charge in [-0.1, -0.05) is 71.2 Å². The van der Waals surface area contributed by atoms with Crippen LogP contribution < -0.4 is 0 Å². The molecule has 4 rings (SSSR count). The number of benzene rings is 3. The van der Waals surface area contributed by atoms with Gasteiger partial charge in [-0.3, -0.25) is 0 Å². The number of hydrogen-bond donors (Lipinski definition) is 1. The van der Waals surface area contributed by atoms with Gasteiger partial charge in [0.2, 0.25) is 0 Å². The lowest BCUT2D eigenvalue weighted by atomic mass is 9.77. The smallest absolute Gasteiger partial charge is 0.139 e. The monoisotopic (exact) mass is 442 g/mol. The summed E-state index contributed by atoms with van der Waals surface area (Å²) in [5, 5.41) is 14.1. The van der Waals surface area contributed by atoms with Crippen molar-refractivity contribution in [3.63, 3.8) is 0 Å². The molecule has 1 N–H and O–H groups in total. The van der Waals surface area contributed by atoms with Gasteiger partial charge >= 0.3 is 0 Å². The van der Waals surface area contributed by atoms with Crippen molar-refractivity contribution in [3.05, 3.63) is 123 Å². The van der Waals surface area contributed by atoms with Gasteiger partial charge in [0.05, 0.1) is 12.4 Å². The predicted octanol–water partition coefficient (Wildman–Crippen LogP) is 6.37. The zero-order valence-corrected chi connectivity index (χ0v) is 17.5. The fourth-order valence-electron chi connectivity index (χ4n) is 3.59. The maximum Gasteiger partial charge on any atom is 0.139 e. The summed E-state index contributed by atoms with van der Waals surface area (Å²) in [7, 11) is 0. The number of aromatic nitrogens is 2. The van der Waals surface area contributed by atoms with Gasteiger partial charge in [-0.2, -0.15) is 0 Å². The van der Waals surface area contributed by atoms with Crippen molar-refractivity contribution in [3.8, 4) is 0 Å². The van der Waals surface area contributed by atoms with Crippen LogP contribution in [0.4, 0.5) is 0 Å². The molecule has 0 aliphatic carbocycles. The Morgan fingerprint density at radius 2 is 1.17 bits per heavy atom. The molecule has 4 aromatic rings. The molecule has 1 heterocycles. The van der Waals surface area contributed by atoms with E-state index in [0.717, 1.165) is 5.56 Å². The van der Waals surface area contributed by atoms with Crippen molar-refractivity contribution in [2.45, 2.75) is 11.6 Å². The second kappa shape index (κ2) is 8.21. The summed E-state index contributed by atoms with van der Waals surface area (Å²) in [6.07, 6.45) is 5.21. The molecule has 0 aliphatic heterocycles. The highest BCUT2D eigenvalue weighted by molar-refractivity contribution is 6.31. The van der Waals surface area contributed by atoms with Crippen LogP contribution in [-0.2, 0) is 5.60 Å². The molecule has 6 heteroatoms. The number of halogens is 3. The summed E-state index contributed by atoms with van der Waals surface area (Å²) < 4.78 is 1.88. The van der Waals surface area contributed by atoms with E-state index in [1.807, 2.05) is 59.3 Å². The Kier molecular flexibility index (Phi) is 5.66. The number of nitrogens with zero attached hydrogens (tertiary/aromatic N) is 2. The number of imidazole rings is 1. The third kappa shape index (κ3) is 3.92. The first-order chi connectivity index (χ1) is 14.0. The van der Waals surface area contributed by atoms with Crippen molar-refractivity contribution in [2.24, 2.45) is 0 Å². The second-order valence-corrected chi connectivity index (χ2v) is 8.05. The fourth-order valence-corrected chi connectivity index (χ4v) is 3.96. The van der Waals surface area contributed by atoms with Crippen molar-refractivity contribution in [1.82, 2.24) is 9.55 Å². The Balaban J connectivity index is 1.99. The highest BCUT2D eigenvalue weighted by Crippen LogP contribution is 2.44. The summed E-state index contributed by atoms with van der Waals surface area (Å²) in [4.78, 5) is 4.20. The van der Waals surface area contributed by atoms with Gasteiger partial charge in [0.25, 0.3) is 0 Å². The molecule has 0 unspecified atom stereocenters. The van der Waals surface area contributed by atoms with Crippen LogP contribution in [0.3, 0.4) is 0 Å². The first-order valence-electron chi connectivity index (χ1n) is 8.96. The normalized spacial score (nSPS) is 12.7. The summed E-state index contributed by atoms with van der Waals surface area (Å²) in [6.45, 7) is 0. The van der Waals surface area contributed by atoms with Crippen LogP contribution in [0.15, 0.2) is 91.5 Å². The van der Waals surface area contributed by atoms with Crippen LogP contribution in [-0.4, -0.2) is 14.7 Å². The topological polar surface area (TPSA) is 38.0 Å². The lowest BCUT2D eigenvalue weighted by molar-refractivity contribution is 0.0382. The van der Waals surface area contributed by atoms with Gasteiger partial charge in [0.1, 0.15) is 5.60 Å². The van der Waals surface area contributed by atoms with E-state index in [0.29, 0.717) is 26.2 Å². The Morgan fingerprint density at radius 3 is 1.59 bits per heavy atom. The summed E-state index contributed by atoms with van der Waals surface area (Å²) in [5.41, 5.74) is 0.833. The minimum Gasteiger partial charge on any atom is -0.378 e. The lowest BCUT2D eigenvalue weighted by Crippen LogP contribution is -2.38. The maximum atomic E-state index is 12.3. The van der Waals surface area contributed by atoms with Crippen LogP contribution in [0, 0.1) is 0 Å². The van der Waals surface area contributed by atoms with Crippen LogP contribution in [0.25, 0.3) is 0 Å². The van der Waals surface area contributed by atoms with Crippen molar-refractivity contribution >= 4 is 34.8 Å². The van der Waals surface area contributed by atoms with E-state index in [2.05, 4.69) is 4.98 Å². The van der Waals surface area contributed by atoms with E-state index in [9.17, 15) is 5.11 Å². The van der Waals surface area contributed by atoms with E-state index in [-0.39, 0.29) is 0 Å². The molecule has 3 nitrogen and oxygen atoms in total. The average molecular weight is 444 g/mol. The minimum atomic E-state index is -1.43. The Labute approximate surface area is 184 Å². The van der Waals surface area contributed by atoms with Gasteiger partial charge in [0.15, 0.2) is 0 Å². The third-order valence-corrected chi connectivity index (χ3v) is 5.73. The SMILES string of the molecule is OC(c1ccc(Cl)cc1)(c1ccc(Cl)cc1)[C@@H](c1ccc(Cl)cc1)n1ccnc1. The predicted molar refractivity (Wildman–Crippen MR) is 118 cm³/mol. The van der Waals surface area contributed by atoms with Crippen molar-refractivity contribution in [1.29, 1.82) is 0 Å². The molecule has 146 valence electrons.